The van der Waals surface area contributed by atoms with Crippen LogP contribution in [0.15, 0.2) is 77.3 Å². The normalized spacial score (nSPS) is 11.5. The highest BCUT2D eigenvalue weighted by Crippen LogP contribution is 2.28. The van der Waals surface area contributed by atoms with Crippen molar-refractivity contribution in [3.8, 4) is 5.75 Å². The number of amides is 2. The lowest BCUT2D eigenvalue weighted by Gasteiger charge is -2.31. The summed E-state index contributed by atoms with van der Waals surface area (Å²) in [5.41, 5.74) is 1.60. The Morgan fingerprint density at radius 2 is 1.76 bits per heavy atom. The summed E-state index contributed by atoms with van der Waals surface area (Å²) in [7, 11) is 1.53. The Kier molecular flexibility index (Phi) is 8.86. The lowest BCUT2D eigenvalue weighted by Crippen LogP contribution is -2.51. The number of hydrogen-bond acceptors (Lipinski definition) is 3. The topological polar surface area (TPSA) is 58.6 Å². The minimum atomic E-state index is -0.785. The van der Waals surface area contributed by atoms with Crippen molar-refractivity contribution in [2.45, 2.75) is 19.0 Å². The van der Waals surface area contributed by atoms with Crippen molar-refractivity contribution in [2.24, 2.45) is 0 Å². The Labute approximate surface area is 205 Å². The zero-order valence-electron chi connectivity index (χ0n) is 17.9. The molecule has 0 radical (unpaired) electrons. The predicted molar refractivity (Wildman–Crippen MR) is 130 cm³/mol. The van der Waals surface area contributed by atoms with Gasteiger partial charge in [0.1, 0.15) is 17.6 Å². The SMILES string of the molecule is CNC(=O)[C@@H](Cc1ccccc1)N(Cc1ccc(F)cc1)C(=O)COc1ccc(Cl)cc1Br. The van der Waals surface area contributed by atoms with E-state index < -0.39 is 6.04 Å². The van der Waals surface area contributed by atoms with E-state index in [-0.39, 0.29) is 30.8 Å². The van der Waals surface area contributed by atoms with Crippen LogP contribution in [0.2, 0.25) is 5.02 Å². The molecule has 3 aromatic rings. The van der Waals surface area contributed by atoms with Gasteiger partial charge in [0.15, 0.2) is 6.61 Å². The van der Waals surface area contributed by atoms with Gasteiger partial charge < -0.3 is 15.0 Å². The Bertz CT molecular complexity index is 1100. The van der Waals surface area contributed by atoms with Crippen molar-refractivity contribution in [2.75, 3.05) is 13.7 Å². The summed E-state index contributed by atoms with van der Waals surface area (Å²) in [6.07, 6.45) is 0.318. The van der Waals surface area contributed by atoms with Crippen molar-refractivity contribution < 1.29 is 18.7 Å². The molecule has 3 aromatic carbocycles. The van der Waals surface area contributed by atoms with Gasteiger partial charge in [0, 0.05) is 25.0 Å². The van der Waals surface area contributed by atoms with E-state index in [1.54, 1.807) is 30.3 Å². The van der Waals surface area contributed by atoms with Crippen molar-refractivity contribution in [3.05, 3.63) is 99.2 Å². The zero-order chi connectivity index (χ0) is 23.8. The quantitative estimate of drug-likeness (QED) is 0.421. The monoisotopic (exact) mass is 532 g/mol. The number of likely N-dealkylation sites (N-methyl/N-ethyl adjacent to an activating group) is 1. The number of carbonyl (C=O) groups excluding carboxylic acids is 2. The molecule has 3 rings (SSSR count). The molecule has 1 atom stereocenters. The number of nitrogens with zero attached hydrogens (tertiary/aromatic N) is 1. The highest BCUT2D eigenvalue weighted by Gasteiger charge is 2.30. The molecular weight excluding hydrogens is 511 g/mol. The first-order valence-corrected chi connectivity index (χ1v) is 11.4. The van der Waals surface area contributed by atoms with Gasteiger partial charge in [-0.25, -0.2) is 4.39 Å². The third-order valence-corrected chi connectivity index (χ3v) is 5.88. The summed E-state index contributed by atoms with van der Waals surface area (Å²) in [6.45, 7) is -0.168. The highest BCUT2D eigenvalue weighted by atomic mass is 79.9. The lowest BCUT2D eigenvalue weighted by molar-refractivity contribution is -0.142. The molecule has 8 heteroatoms. The van der Waals surface area contributed by atoms with Crippen LogP contribution in [0.5, 0.6) is 5.75 Å². The van der Waals surface area contributed by atoms with Gasteiger partial charge >= 0.3 is 0 Å². The van der Waals surface area contributed by atoms with Crippen LogP contribution in [0.3, 0.4) is 0 Å². The van der Waals surface area contributed by atoms with Crippen molar-refractivity contribution in [1.82, 2.24) is 10.2 Å². The van der Waals surface area contributed by atoms with Crippen LogP contribution >= 0.6 is 27.5 Å². The van der Waals surface area contributed by atoms with Gasteiger partial charge in [-0.2, -0.15) is 0 Å². The molecule has 0 bridgehead atoms. The summed E-state index contributed by atoms with van der Waals surface area (Å²) in [6, 6.07) is 19.5. The molecule has 33 heavy (non-hydrogen) atoms. The first-order valence-electron chi connectivity index (χ1n) is 10.2. The molecule has 1 N–H and O–H groups in total. The van der Waals surface area contributed by atoms with Crippen LogP contribution in [0.1, 0.15) is 11.1 Å². The van der Waals surface area contributed by atoms with Crippen LogP contribution in [0, 0.1) is 5.82 Å². The molecule has 0 aliphatic rings. The molecule has 0 fully saturated rings. The third-order valence-electron chi connectivity index (χ3n) is 5.03. The Morgan fingerprint density at radius 3 is 2.39 bits per heavy atom. The smallest absolute Gasteiger partial charge is 0.261 e. The third kappa shape index (κ3) is 7.04. The molecule has 0 saturated carbocycles. The van der Waals surface area contributed by atoms with Crippen LogP contribution in [-0.4, -0.2) is 36.4 Å². The number of hydrogen-bond donors (Lipinski definition) is 1. The van der Waals surface area contributed by atoms with Crippen molar-refractivity contribution in [1.29, 1.82) is 0 Å². The molecule has 2 amide bonds. The maximum atomic E-state index is 13.4. The molecule has 5 nitrogen and oxygen atoms in total. The maximum absolute atomic E-state index is 13.4. The zero-order valence-corrected chi connectivity index (χ0v) is 20.3. The summed E-state index contributed by atoms with van der Waals surface area (Å²) >= 11 is 9.34. The van der Waals surface area contributed by atoms with Gasteiger partial charge in [-0.3, -0.25) is 9.59 Å². The van der Waals surface area contributed by atoms with Gasteiger partial charge in [0.05, 0.1) is 4.47 Å². The minimum Gasteiger partial charge on any atom is -0.483 e. The summed E-state index contributed by atoms with van der Waals surface area (Å²) in [5.74, 6) is -0.610. The van der Waals surface area contributed by atoms with Gasteiger partial charge in [-0.15, -0.1) is 0 Å². The van der Waals surface area contributed by atoms with Crippen molar-refractivity contribution in [3.63, 3.8) is 0 Å². The number of rotatable bonds is 9. The van der Waals surface area contributed by atoms with E-state index in [4.69, 9.17) is 16.3 Å². The second kappa shape index (κ2) is 11.8. The molecular formula is C25H23BrClFN2O3. The van der Waals surface area contributed by atoms with Crippen LogP contribution < -0.4 is 10.1 Å². The van der Waals surface area contributed by atoms with E-state index in [9.17, 15) is 14.0 Å². The van der Waals surface area contributed by atoms with Gasteiger partial charge in [0.25, 0.3) is 5.91 Å². The van der Waals surface area contributed by atoms with Gasteiger partial charge in [0.2, 0.25) is 5.91 Å². The first kappa shape index (κ1) is 24.7. The summed E-state index contributed by atoms with van der Waals surface area (Å²) in [5, 5.41) is 3.18. The molecule has 0 heterocycles. The summed E-state index contributed by atoms with van der Waals surface area (Å²) in [4.78, 5) is 27.6. The molecule has 0 aliphatic heterocycles. The standard InChI is InChI=1S/C25H23BrClFN2O3/c1-29-25(32)22(13-17-5-3-2-4-6-17)30(15-18-7-10-20(28)11-8-18)24(31)16-33-23-12-9-19(27)14-21(23)26/h2-12,14,22H,13,15-16H2,1H3,(H,29,32)/t22-/m1/s1. The minimum absolute atomic E-state index is 0.120. The lowest BCUT2D eigenvalue weighted by atomic mass is 10.0. The van der Waals surface area contributed by atoms with E-state index in [2.05, 4.69) is 21.2 Å². The van der Waals surface area contributed by atoms with E-state index in [0.29, 0.717) is 27.2 Å². The first-order chi connectivity index (χ1) is 15.9. The Balaban J connectivity index is 1.87. The molecule has 0 unspecified atom stereocenters. The fourth-order valence-corrected chi connectivity index (χ4v) is 4.12. The highest BCUT2D eigenvalue weighted by molar-refractivity contribution is 9.10. The fraction of sp³-hybridized carbons (Fsp3) is 0.200. The second-order valence-electron chi connectivity index (χ2n) is 7.33. The number of ether oxygens (including phenoxy) is 1. The van der Waals surface area contributed by atoms with E-state index >= 15 is 0 Å². The number of nitrogens with one attached hydrogen (secondary N) is 1. The fourth-order valence-electron chi connectivity index (χ4n) is 3.32. The Hall–Kier alpha value is -2.90. The summed E-state index contributed by atoms with van der Waals surface area (Å²) < 4.78 is 19.7. The average Bonchev–Trinajstić information content (AvgIpc) is 2.82. The van der Waals surface area contributed by atoms with Crippen LogP contribution in [0.4, 0.5) is 4.39 Å². The molecule has 0 aromatic heterocycles. The van der Waals surface area contributed by atoms with E-state index in [0.717, 1.165) is 5.56 Å². The van der Waals surface area contributed by atoms with Crippen molar-refractivity contribution >= 4 is 39.3 Å². The number of benzene rings is 3. The van der Waals surface area contributed by atoms with Gasteiger partial charge in [-0.05, 0) is 57.4 Å². The van der Waals surface area contributed by atoms with Crippen LogP contribution in [-0.2, 0) is 22.6 Å². The van der Waals surface area contributed by atoms with E-state index in [1.807, 2.05) is 30.3 Å². The maximum Gasteiger partial charge on any atom is 0.261 e. The molecule has 172 valence electrons. The largest absolute Gasteiger partial charge is 0.483 e. The second-order valence-corrected chi connectivity index (χ2v) is 8.62. The van der Waals surface area contributed by atoms with E-state index in [1.165, 1.54) is 24.1 Å². The number of carbonyl (C=O) groups is 2. The number of halogens is 3. The molecule has 0 spiro atoms. The molecule has 0 saturated heterocycles. The predicted octanol–water partition coefficient (Wildman–Crippen LogP) is 5.01. The molecule has 0 aliphatic carbocycles. The van der Waals surface area contributed by atoms with Crippen LogP contribution in [0.25, 0.3) is 0 Å². The Morgan fingerprint density at radius 1 is 1.06 bits per heavy atom. The van der Waals surface area contributed by atoms with Gasteiger partial charge in [-0.1, -0.05) is 54.1 Å². The average molecular weight is 534 g/mol.